The molecule has 0 amide bonds. The first kappa shape index (κ1) is 15.2. The molecule has 102 valence electrons. The summed E-state index contributed by atoms with van der Waals surface area (Å²) in [7, 11) is 3.74. The van der Waals surface area contributed by atoms with E-state index in [0.717, 1.165) is 49.6 Å². The SMILES string of the molecule is CCCc1nc(Cl)c(C)c(N(C)CCCOC)n1. The second-order valence-electron chi connectivity index (χ2n) is 4.40. The van der Waals surface area contributed by atoms with E-state index in [0.29, 0.717) is 5.15 Å². The van der Waals surface area contributed by atoms with Gasteiger partial charge in [0, 0.05) is 39.3 Å². The molecule has 4 nitrogen and oxygen atoms in total. The second-order valence-corrected chi connectivity index (χ2v) is 4.76. The Kier molecular flexibility index (Phi) is 6.36. The molecule has 1 aromatic heterocycles. The summed E-state index contributed by atoms with van der Waals surface area (Å²) in [4.78, 5) is 11.0. The van der Waals surface area contributed by atoms with E-state index in [1.165, 1.54) is 0 Å². The zero-order valence-electron chi connectivity index (χ0n) is 11.7. The normalized spacial score (nSPS) is 10.7. The smallest absolute Gasteiger partial charge is 0.137 e. The fourth-order valence-corrected chi connectivity index (χ4v) is 1.96. The average molecular weight is 272 g/mol. The molecule has 0 spiro atoms. The van der Waals surface area contributed by atoms with Crippen LogP contribution in [0.3, 0.4) is 0 Å². The van der Waals surface area contributed by atoms with Gasteiger partial charge in [0.2, 0.25) is 0 Å². The van der Waals surface area contributed by atoms with Crippen LogP contribution in [0, 0.1) is 6.92 Å². The molecule has 0 saturated heterocycles. The van der Waals surface area contributed by atoms with Crippen molar-refractivity contribution < 1.29 is 4.74 Å². The lowest BCUT2D eigenvalue weighted by Gasteiger charge is -2.21. The van der Waals surface area contributed by atoms with Crippen molar-refractivity contribution in [1.82, 2.24) is 9.97 Å². The summed E-state index contributed by atoms with van der Waals surface area (Å²) in [5, 5.41) is 0.557. The fraction of sp³-hybridized carbons (Fsp3) is 0.692. The fourth-order valence-electron chi connectivity index (χ4n) is 1.78. The number of anilines is 1. The van der Waals surface area contributed by atoms with Crippen molar-refractivity contribution in [2.75, 3.05) is 32.2 Å². The number of nitrogens with zero attached hydrogens (tertiary/aromatic N) is 3. The van der Waals surface area contributed by atoms with Gasteiger partial charge in [-0.2, -0.15) is 0 Å². The zero-order valence-corrected chi connectivity index (χ0v) is 12.4. The molecule has 1 aromatic rings. The third-order valence-corrected chi connectivity index (χ3v) is 3.15. The molecular weight excluding hydrogens is 250 g/mol. The maximum Gasteiger partial charge on any atom is 0.137 e. The van der Waals surface area contributed by atoms with Gasteiger partial charge < -0.3 is 9.64 Å². The van der Waals surface area contributed by atoms with Crippen molar-refractivity contribution in [3.63, 3.8) is 0 Å². The molecule has 0 bridgehead atoms. The molecule has 0 N–H and O–H groups in total. The zero-order chi connectivity index (χ0) is 13.5. The summed E-state index contributed by atoms with van der Waals surface area (Å²) in [6.07, 6.45) is 2.85. The number of methoxy groups -OCH3 is 1. The molecule has 0 aliphatic rings. The summed E-state index contributed by atoms with van der Waals surface area (Å²) < 4.78 is 5.06. The van der Waals surface area contributed by atoms with E-state index < -0.39 is 0 Å². The molecule has 0 aliphatic heterocycles. The monoisotopic (exact) mass is 271 g/mol. The van der Waals surface area contributed by atoms with Crippen molar-refractivity contribution >= 4 is 17.4 Å². The van der Waals surface area contributed by atoms with E-state index in [1.807, 2.05) is 14.0 Å². The molecule has 0 unspecified atom stereocenters. The largest absolute Gasteiger partial charge is 0.385 e. The third kappa shape index (κ3) is 4.10. The van der Waals surface area contributed by atoms with E-state index in [2.05, 4.69) is 21.8 Å². The van der Waals surface area contributed by atoms with E-state index >= 15 is 0 Å². The first-order valence-corrected chi connectivity index (χ1v) is 6.71. The van der Waals surface area contributed by atoms with Crippen LogP contribution in [0.2, 0.25) is 5.15 Å². The number of hydrogen-bond acceptors (Lipinski definition) is 4. The molecule has 0 saturated carbocycles. The van der Waals surface area contributed by atoms with Gasteiger partial charge in [0.05, 0.1) is 0 Å². The first-order chi connectivity index (χ1) is 8.60. The minimum Gasteiger partial charge on any atom is -0.385 e. The highest BCUT2D eigenvalue weighted by Crippen LogP contribution is 2.23. The summed E-state index contributed by atoms with van der Waals surface area (Å²) in [5.74, 6) is 1.75. The van der Waals surface area contributed by atoms with Crippen LogP contribution in [-0.4, -0.2) is 37.3 Å². The predicted molar refractivity (Wildman–Crippen MR) is 75.5 cm³/mol. The minimum atomic E-state index is 0.557. The van der Waals surface area contributed by atoms with Crippen LogP contribution in [0.1, 0.15) is 31.2 Å². The van der Waals surface area contributed by atoms with Gasteiger partial charge in [0.25, 0.3) is 0 Å². The van der Waals surface area contributed by atoms with E-state index in [-0.39, 0.29) is 0 Å². The molecule has 18 heavy (non-hydrogen) atoms. The maximum atomic E-state index is 6.16. The Balaban J connectivity index is 2.84. The van der Waals surface area contributed by atoms with Gasteiger partial charge in [-0.25, -0.2) is 9.97 Å². The van der Waals surface area contributed by atoms with Crippen LogP contribution in [0.5, 0.6) is 0 Å². The molecule has 1 heterocycles. The molecule has 5 heteroatoms. The van der Waals surface area contributed by atoms with Gasteiger partial charge in [-0.3, -0.25) is 0 Å². The van der Waals surface area contributed by atoms with Crippen LogP contribution in [0.25, 0.3) is 0 Å². The van der Waals surface area contributed by atoms with Crippen molar-refractivity contribution in [1.29, 1.82) is 0 Å². The summed E-state index contributed by atoms with van der Waals surface area (Å²) in [6.45, 7) is 5.72. The minimum absolute atomic E-state index is 0.557. The molecule has 0 atom stereocenters. The number of halogens is 1. The Morgan fingerprint density at radius 3 is 2.67 bits per heavy atom. The quantitative estimate of drug-likeness (QED) is 0.565. The van der Waals surface area contributed by atoms with Crippen LogP contribution >= 0.6 is 11.6 Å². The van der Waals surface area contributed by atoms with Crippen LogP contribution in [0.15, 0.2) is 0 Å². The summed E-state index contributed by atoms with van der Waals surface area (Å²) in [5.41, 5.74) is 0.941. The van der Waals surface area contributed by atoms with Crippen LogP contribution in [0.4, 0.5) is 5.82 Å². The lowest BCUT2D eigenvalue weighted by atomic mass is 10.2. The van der Waals surface area contributed by atoms with Crippen LogP contribution < -0.4 is 4.90 Å². The van der Waals surface area contributed by atoms with Gasteiger partial charge in [-0.15, -0.1) is 0 Å². The Bertz CT molecular complexity index is 385. The molecule has 0 fully saturated rings. The number of hydrogen-bond donors (Lipinski definition) is 0. The lowest BCUT2D eigenvalue weighted by Crippen LogP contribution is -2.23. The van der Waals surface area contributed by atoms with Gasteiger partial charge in [0.15, 0.2) is 0 Å². The number of ether oxygens (including phenoxy) is 1. The highest BCUT2D eigenvalue weighted by atomic mass is 35.5. The van der Waals surface area contributed by atoms with Crippen LogP contribution in [-0.2, 0) is 11.2 Å². The lowest BCUT2D eigenvalue weighted by molar-refractivity contribution is 0.196. The first-order valence-electron chi connectivity index (χ1n) is 6.33. The third-order valence-electron chi connectivity index (χ3n) is 2.78. The highest BCUT2D eigenvalue weighted by molar-refractivity contribution is 6.30. The standard InChI is InChI=1S/C13H22ClN3O/c1-5-7-11-15-12(14)10(2)13(16-11)17(3)8-6-9-18-4/h5-9H2,1-4H3. The Morgan fingerprint density at radius 1 is 1.33 bits per heavy atom. The molecule has 0 aromatic carbocycles. The Labute approximate surface area is 114 Å². The topological polar surface area (TPSA) is 38.2 Å². The molecule has 1 rings (SSSR count). The molecule has 0 aliphatic carbocycles. The number of rotatable bonds is 7. The van der Waals surface area contributed by atoms with Crippen molar-refractivity contribution in [3.8, 4) is 0 Å². The average Bonchev–Trinajstić information content (AvgIpc) is 2.34. The Hall–Kier alpha value is -0.870. The molecule has 0 radical (unpaired) electrons. The number of aryl methyl sites for hydroxylation is 1. The Morgan fingerprint density at radius 2 is 2.06 bits per heavy atom. The van der Waals surface area contributed by atoms with Gasteiger partial charge in [0.1, 0.15) is 16.8 Å². The van der Waals surface area contributed by atoms with Crippen molar-refractivity contribution in [2.24, 2.45) is 0 Å². The predicted octanol–water partition coefficient (Wildman–Crippen LogP) is 2.86. The maximum absolute atomic E-state index is 6.16. The highest BCUT2D eigenvalue weighted by Gasteiger charge is 2.12. The van der Waals surface area contributed by atoms with Gasteiger partial charge >= 0.3 is 0 Å². The van der Waals surface area contributed by atoms with E-state index in [4.69, 9.17) is 16.3 Å². The molecular formula is C13H22ClN3O. The van der Waals surface area contributed by atoms with E-state index in [9.17, 15) is 0 Å². The number of aromatic nitrogens is 2. The van der Waals surface area contributed by atoms with Gasteiger partial charge in [-0.05, 0) is 19.8 Å². The van der Waals surface area contributed by atoms with Gasteiger partial charge in [-0.1, -0.05) is 18.5 Å². The second kappa shape index (κ2) is 7.54. The van der Waals surface area contributed by atoms with E-state index in [1.54, 1.807) is 7.11 Å². The summed E-state index contributed by atoms with van der Waals surface area (Å²) in [6, 6.07) is 0. The van der Waals surface area contributed by atoms with Crippen molar-refractivity contribution in [3.05, 3.63) is 16.5 Å². The van der Waals surface area contributed by atoms with Crippen molar-refractivity contribution in [2.45, 2.75) is 33.1 Å². The summed E-state index contributed by atoms with van der Waals surface area (Å²) >= 11 is 6.16.